The molecule has 1 rings (SSSR count). The molecule has 6 heteroatoms. The van der Waals surface area contributed by atoms with Crippen molar-refractivity contribution < 1.29 is 17.6 Å². The van der Waals surface area contributed by atoms with Crippen molar-refractivity contribution in [3.05, 3.63) is 10.1 Å². The lowest BCUT2D eigenvalue weighted by atomic mass is 10.2. The summed E-state index contributed by atoms with van der Waals surface area (Å²) in [5.74, 6) is -8.44. The fraction of sp³-hybridized carbons (Fsp3) is 0.600. The predicted octanol–water partition coefficient (Wildman–Crippen LogP) is 3.35. The predicted molar refractivity (Wildman–Crippen MR) is 33.2 cm³/mol. The number of rotatable bonds is 0. The van der Waals surface area contributed by atoms with E-state index in [1.54, 1.807) is 0 Å². The van der Waals surface area contributed by atoms with Crippen molar-refractivity contribution in [3.63, 3.8) is 0 Å². The molecule has 1 aliphatic carbocycles. The number of hydrogen-bond acceptors (Lipinski definition) is 0. The monoisotopic (exact) mass is 208 g/mol. The number of allylic oxidation sites excluding steroid dienone is 2. The fourth-order valence-electron chi connectivity index (χ4n) is 0.714. The van der Waals surface area contributed by atoms with Gasteiger partial charge in [0.25, 0.3) is 0 Å². The zero-order chi connectivity index (χ0) is 8.86. The van der Waals surface area contributed by atoms with Crippen LogP contribution in [0.4, 0.5) is 17.6 Å². The normalized spacial score (nSPS) is 27.8. The Bertz CT molecular complexity index is 221. The summed E-state index contributed by atoms with van der Waals surface area (Å²) in [5.41, 5.74) is 0. The second-order valence-corrected chi connectivity index (χ2v) is 3.01. The Morgan fingerprint density at radius 3 is 1.64 bits per heavy atom. The summed E-state index contributed by atoms with van der Waals surface area (Å²) >= 11 is 9.88. The van der Waals surface area contributed by atoms with E-state index >= 15 is 0 Å². The van der Waals surface area contributed by atoms with E-state index in [1.807, 2.05) is 0 Å². The second kappa shape index (κ2) is 2.26. The van der Waals surface area contributed by atoms with Gasteiger partial charge in [0.2, 0.25) is 0 Å². The Hall–Kier alpha value is 0.0400. The third-order valence-corrected chi connectivity index (χ3v) is 2.24. The molecule has 1 aliphatic rings. The van der Waals surface area contributed by atoms with Crippen molar-refractivity contribution in [2.75, 3.05) is 0 Å². The van der Waals surface area contributed by atoms with Crippen LogP contribution in [0.15, 0.2) is 10.1 Å². The van der Waals surface area contributed by atoms with Gasteiger partial charge in [0.1, 0.15) is 5.03 Å². The van der Waals surface area contributed by atoms with Gasteiger partial charge in [-0.05, 0) is 0 Å². The average molecular weight is 209 g/mol. The van der Waals surface area contributed by atoms with Gasteiger partial charge in [-0.3, -0.25) is 0 Å². The molecule has 0 unspecified atom stereocenters. The molecule has 0 bridgehead atoms. The minimum Gasteiger partial charge on any atom is -0.199 e. The molecule has 64 valence electrons. The van der Waals surface area contributed by atoms with E-state index in [2.05, 4.69) is 0 Å². The highest BCUT2D eigenvalue weighted by Gasteiger charge is 2.63. The van der Waals surface area contributed by atoms with E-state index in [9.17, 15) is 17.6 Å². The van der Waals surface area contributed by atoms with Crippen LogP contribution in [-0.2, 0) is 0 Å². The maximum atomic E-state index is 12.3. The molecule has 0 aliphatic heterocycles. The van der Waals surface area contributed by atoms with Crippen LogP contribution in [0.3, 0.4) is 0 Å². The minimum atomic E-state index is -4.30. The van der Waals surface area contributed by atoms with Crippen LogP contribution in [0.25, 0.3) is 0 Å². The molecule has 0 spiro atoms. The van der Waals surface area contributed by atoms with E-state index in [4.69, 9.17) is 23.2 Å². The van der Waals surface area contributed by atoms with Gasteiger partial charge >= 0.3 is 11.8 Å². The van der Waals surface area contributed by atoms with Gasteiger partial charge in [0.05, 0.1) is 6.42 Å². The Kier molecular flexibility index (Phi) is 1.88. The van der Waals surface area contributed by atoms with Gasteiger partial charge < -0.3 is 0 Å². The lowest BCUT2D eigenvalue weighted by molar-refractivity contribution is -0.169. The van der Waals surface area contributed by atoms with Crippen LogP contribution in [0.1, 0.15) is 6.42 Å². The molecule has 0 aromatic carbocycles. The molecule has 0 nitrogen and oxygen atoms in total. The molecule has 0 radical (unpaired) electrons. The van der Waals surface area contributed by atoms with E-state index in [-0.39, 0.29) is 0 Å². The Labute approximate surface area is 69.8 Å². The van der Waals surface area contributed by atoms with Gasteiger partial charge in [0, 0.05) is 5.03 Å². The van der Waals surface area contributed by atoms with Crippen LogP contribution in [-0.4, -0.2) is 11.8 Å². The largest absolute Gasteiger partial charge is 0.347 e. The van der Waals surface area contributed by atoms with Crippen LogP contribution in [0.2, 0.25) is 0 Å². The number of halogens is 6. The van der Waals surface area contributed by atoms with Gasteiger partial charge in [0.15, 0.2) is 0 Å². The third-order valence-electron chi connectivity index (χ3n) is 1.35. The molecule has 0 saturated heterocycles. The quantitative estimate of drug-likeness (QED) is 0.536. The van der Waals surface area contributed by atoms with E-state index in [0.717, 1.165) is 0 Å². The van der Waals surface area contributed by atoms with Crippen molar-refractivity contribution in [2.45, 2.75) is 18.3 Å². The van der Waals surface area contributed by atoms with E-state index < -0.39 is 28.3 Å². The first-order chi connectivity index (χ1) is 4.79. The molecule has 11 heavy (non-hydrogen) atoms. The summed E-state index contributed by atoms with van der Waals surface area (Å²) in [6, 6.07) is 0. The molecule has 0 saturated carbocycles. The van der Waals surface area contributed by atoms with Crippen molar-refractivity contribution in [3.8, 4) is 0 Å². The molecule has 0 N–H and O–H groups in total. The molecule has 0 atom stereocenters. The first-order valence-corrected chi connectivity index (χ1v) is 3.35. The van der Waals surface area contributed by atoms with Crippen molar-refractivity contribution in [1.29, 1.82) is 0 Å². The molecule has 0 heterocycles. The molecule has 0 aromatic rings. The van der Waals surface area contributed by atoms with Gasteiger partial charge in [-0.1, -0.05) is 23.2 Å². The number of alkyl halides is 4. The zero-order valence-corrected chi connectivity index (χ0v) is 6.49. The Morgan fingerprint density at radius 2 is 1.55 bits per heavy atom. The maximum absolute atomic E-state index is 12.3. The van der Waals surface area contributed by atoms with Crippen LogP contribution in [0.5, 0.6) is 0 Å². The van der Waals surface area contributed by atoms with Crippen molar-refractivity contribution in [1.82, 2.24) is 0 Å². The summed E-state index contributed by atoms with van der Waals surface area (Å²) in [6.45, 7) is 0. The van der Waals surface area contributed by atoms with E-state index in [1.165, 1.54) is 0 Å². The Balaban J connectivity index is 3.08. The minimum absolute atomic E-state index is 0.665. The van der Waals surface area contributed by atoms with E-state index in [0.29, 0.717) is 0 Å². The highest BCUT2D eigenvalue weighted by atomic mass is 35.5. The standard InChI is InChI=1S/C5H2Cl2F4/c6-2-1-4(8,9)5(10,11)3(2)7/h1H2. The molecule has 0 amide bonds. The Morgan fingerprint density at radius 1 is 1.09 bits per heavy atom. The van der Waals surface area contributed by atoms with Gasteiger partial charge in [-0.15, -0.1) is 0 Å². The van der Waals surface area contributed by atoms with Gasteiger partial charge in [-0.2, -0.15) is 17.6 Å². The van der Waals surface area contributed by atoms with Crippen molar-refractivity contribution in [2.24, 2.45) is 0 Å². The highest BCUT2D eigenvalue weighted by Crippen LogP contribution is 2.53. The molecule has 0 fully saturated rings. The van der Waals surface area contributed by atoms with Crippen molar-refractivity contribution >= 4 is 23.2 Å². The van der Waals surface area contributed by atoms with Gasteiger partial charge in [-0.25, -0.2) is 0 Å². The molecule has 0 aromatic heterocycles. The summed E-state index contributed by atoms with van der Waals surface area (Å²) in [6.07, 6.45) is -1.18. The smallest absolute Gasteiger partial charge is 0.199 e. The average Bonchev–Trinajstić information content (AvgIpc) is 1.93. The summed E-state index contributed by atoms with van der Waals surface area (Å²) in [7, 11) is 0. The SMILES string of the molecule is FC1(F)CC(Cl)=C(Cl)C1(F)F. The van der Waals surface area contributed by atoms with Crippen LogP contribution < -0.4 is 0 Å². The fourth-order valence-corrected chi connectivity index (χ4v) is 1.21. The summed E-state index contributed by atoms with van der Waals surface area (Å²) in [5, 5.41) is -1.91. The maximum Gasteiger partial charge on any atom is 0.347 e. The summed E-state index contributed by atoms with van der Waals surface area (Å²) < 4.78 is 49.2. The van der Waals surface area contributed by atoms with Crippen LogP contribution >= 0.6 is 23.2 Å². The first-order valence-electron chi connectivity index (χ1n) is 2.59. The lowest BCUT2D eigenvalue weighted by Crippen LogP contribution is -2.36. The topological polar surface area (TPSA) is 0 Å². The zero-order valence-electron chi connectivity index (χ0n) is 4.97. The second-order valence-electron chi connectivity index (χ2n) is 2.17. The third kappa shape index (κ3) is 1.12. The number of hydrogen-bond donors (Lipinski definition) is 0. The highest BCUT2D eigenvalue weighted by molar-refractivity contribution is 6.40. The molecular formula is C5H2Cl2F4. The van der Waals surface area contributed by atoms with Crippen LogP contribution in [0, 0.1) is 0 Å². The first kappa shape index (κ1) is 9.13. The molecular weight excluding hydrogens is 207 g/mol. The summed E-state index contributed by atoms with van der Waals surface area (Å²) in [4.78, 5) is 0. The lowest BCUT2D eigenvalue weighted by Gasteiger charge is -2.18.